The van der Waals surface area contributed by atoms with Crippen LogP contribution in [-0.4, -0.2) is 19.4 Å². The van der Waals surface area contributed by atoms with Crippen molar-refractivity contribution in [1.82, 2.24) is 0 Å². The van der Waals surface area contributed by atoms with E-state index in [1.54, 1.807) is 5.57 Å². The molecule has 0 heterocycles. The molecule has 0 spiro atoms. The number of carbonyl (C=O) groups excluding carboxylic acids is 1. The van der Waals surface area contributed by atoms with Crippen LogP contribution in [0.2, 0.25) is 0 Å². The number of ether oxygens (including phenoxy) is 2. The number of esters is 1. The Hall–Kier alpha value is -1.09. The second kappa shape index (κ2) is 21.6. The monoisotopic (exact) mass is 571 g/mol. The second-order valence-corrected chi connectivity index (χ2v) is 14.0. The van der Waals surface area contributed by atoms with Crippen molar-refractivity contribution < 1.29 is 14.3 Å². The predicted molar refractivity (Wildman–Crippen MR) is 174 cm³/mol. The Morgan fingerprint density at radius 3 is 1.20 bits per heavy atom. The molecule has 3 saturated carbocycles. The molecule has 0 amide bonds. The third-order valence-electron chi connectivity index (χ3n) is 10.3. The van der Waals surface area contributed by atoms with Gasteiger partial charge in [0.05, 0.1) is 6.61 Å². The van der Waals surface area contributed by atoms with E-state index in [4.69, 9.17) is 9.47 Å². The van der Waals surface area contributed by atoms with Crippen LogP contribution in [0.1, 0.15) is 180 Å². The SMILES string of the molecule is C=C(C)COCOC(=O)C(=C(C1CCCCCCCCC1)C1CCCCCCCCC1)C1CCCCCCCCC1. The van der Waals surface area contributed by atoms with E-state index in [1.807, 2.05) is 6.92 Å². The van der Waals surface area contributed by atoms with Gasteiger partial charge in [-0.2, -0.15) is 0 Å². The van der Waals surface area contributed by atoms with Gasteiger partial charge in [0.15, 0.2) is 6.79 Å². The van der Waals surface area contributed by atoms with Crippen LogP contribution in [0.4, 0.5) is 0 Å². The van der Waals surface area contributed by atoms with Crippen LogP contribution in [0.15, 0.2) is 23.3 Å². The van der Waals surface area contributed by atoms with Gasteiger partial charge in [0.25, 0.3) is 0 Å². The minimum Gasteiger partial charge on any atom is -0.435 e. The summed E-state index contributed by atoms with van der Waals surface area (Å²) in [5.41, 5.74) is 3.68. The Morgan fingerprint density at radius 1 is 0.537 bits per heavy atom. The van der Waals surface area contributed by atoms with E-state index >= 15 is 0 Å². The highest BCUT2D eigenvalue weighted by Gasteiger charge is 2.33. The summed E-state index contributed by atoms with van der Waals surface area (Å²) in [4.78, 5) is 14.3. The molecule has 0 unspecified atom stereocenters. The molecule has 3 nitrogen and oxygen atoms in total. The zero-order valence-corrected chi connectivity index (χ0v) is 27.2. The van der Waals surface area contributed by atoms with Gasteiger partial charge < -0.3 is 9.47 Å². The van der Waals surface area contributed by atoms with Crippen molar-refractivity contribution in [3.05, 3.63) is 23.3 Å². The van der Waals surface area contributed by atoms with E-state index in [0.29, 0.717) is 24.4 Å². The summed E-state index contributed by atoms with van der Waals surface area (Å²) < 4.78 is 11.8. The standard InChI is InChI=1S/C38H66O3/c1-32(2)30-40-31-41-38(39)37(35-28-22-16-10-5-11-17-23-29-35)36(33-24-18-12-6-3-7-13-19-25-33)34-26-20-14-8-4-9-15-21-27-34/h33-35H,1,3-31H2,2H3. The van der Waals surface area contributed by atoms with Gasteiger partial charge in [-0.15, -0.1) is 0 Å². The number of allylic oxidation sites excluding steroid dienone is 1. The molecule has 3 aliphatic carbocycles. The summed E-state index contributed by atoms with van der Waals surface area (Å²) in [7, 11) is 0. The van der Waals surface area contributed by atoms with Crippen LogP contribution in [0.5, 0.6) is 0 Å². The Bertz CT molecular complexity index is 695. The molecule has 0 aromatic carbocycles. The first-order chi connectivity index (χ1) is 20.2. The van der Waals surface area contributed by atoms with Crippen LogP contribution in [-0.2, 0) is 14.3 Å². The molecule has 0 aliphatic heterocycles. The third-order valence-corrected chi connectivity index (χ3v) is 10.3. The molecule has 41 heavy (non-hydrogen) atoms. The van der Waals surface area contributed by atoms with E-state index in [-0.39, 0.29) is 12.8 Å². The van der Waals surface area contributed by atoms with Gasteiger partial charge in [0.2, 0.25) is 0 Å². The first kappa shape index (κ1) is 34.4. The second-order valence-electron chi connectivity index (χ2n) is 14.0. The van der Waals surface area contributed by atoms with Gasteiger partial charge in [-0.05, 0) is 63.2 Å². The normalized spacial score (nSPS) is 22.8. The van der Waals surface area contributed by atoms with Crippen molar-refractivity contribution in [1.29, 1.82) is 0 Å². The van der Waals surface area contributed by atoms with E-state index < -0.39 is 0 Å². The lowest BCUT2D eigenvalue weighted by atomic mass is 9.71. The number of carbonyl (C=O) groups is 1. The largest absolute Gasteiger partial charge is 0.435 e. The lowest BCUT2D eigenvalue weighted by Crippen LogP contribution is -2.27. The summed E-state index contributed by atoms with van der Waals surface area (Å²) in [5.74, 6) is 1.41. The summed E-state index contributed by atoms with van der Waals surface area (Å²) in [6, 6.07) is 0. The summed E-state index contributed by atoms with van der Waals surface area (Å²) in [6.07, 6.45) is 35.6. The first-order valence-electron chi connectivity index (χ1n) is 18.3. The zero-order chi connectivity index (χ0) is 29.0. The lowest BCUT2D eigenvalue weighted by Gasteiger charge is -2.34. The fraction of sp³-hybridized carbons (Fsp3) is 0.868. The van der Waals surface area contributed by atoms with Gasteiger partial charge in [-0.3, -0.25) is 0 Å². The van der Waals surface area contributed by atoms with Crippen LogP contribution in [0, 0.1) is 17.8 Å². The quantitative estimate of drug-likeness (QED) is 0.0957. The molecule has 3 fully saturated rings. The van der Waals surface area contributed by atoms with Crippen LogP contribution < -0.4 is 0 Å². The molecule has 0 saturated heterocycles. The van der Waals surface area contributed by atoms with Crippen molar-refractivity contribution >= 4 is 5.97 Å². The highest BCUT2D eigenvalue weighted by molar-refractivity contribution is 5.90. The van der Waals surface area contributed by atoms with E-state index in [2.05, 4.69) is 6.58 Å². The van der Waals surface area contributed by atoms with Crippen molar-refractivity contribution in [2.75, 3.05) is 13.4 Å². The van der Waals surface area contributed by atoms with Gasteiger partial charge in [0, 0.05) is 5.57 Å². The van der Waals surface area contributed by atoms with E-state index in [9.17, 15) is 4.79 Å². The molecular formula is C38H66O3. The fourth-order valence-electron chi connectivity index (χ4n) is 8.02. The van der Waals surface area contributed by atoms with Gasteiger partial charge in [0.1, 0.15) is 0 Å². The molecule has 0 radical (unpaired) electrons. The first-order valence-corrected chi connectivity index (χ1v) is 18.3. The summed E-state index contributed by atoms with van der Waals surface area (Å²) in [6.45, 7) is 6.41. The summed E-state index contributed by atoms with van der Waals surface area (Å²) >= 11 is 0. The molecule has 0 bridgehead atoms. The molecular weight excluding hydrogens is 504 g/mol. The van der Waals surface area contributed by atoms with Gasteiger partial charge in [-0.25, -0.2) is 4.79 Å². The Balaban J connectivity index is 2.02. The van der Waals surface area contributed by atoms with Crippen molar-refractivity contribution in [2.24, 2.45) is 17.8 Å². The minimum absolute atomic E-state index is 0.0436. The third kappa shape index (κ3) is 13.8. The fourth-order valence-corrected chi connectivity index (χ4v) is 8.02. The Morgan fingerprint density at radius 2 is 0.854 bits per heavy atom. The highest BCUT2D eigenvalue weighted by atomic mass is 16.7. The smallest absolute Gasteiger partial charge is 0.336 e. The zero-order valence-electron chi connectivity index (χ0n) is 27.2. The minimum atomic E-state index is -0.0436. The topological polar surface area (TPSA) is 35.5 Å². The van der Waals surface area contributed by atoms with Crippen LogP contribution >= 0.6 is 0 Å². The molecule has 0 N–H and O–H groups in total. The van der Waals surface area contributed by atoms with Gasteiger partial charge in [-0.1, -0.05) is 153 Å². The molecule has 0 aromatic rings. The number of rotatable bonds is 8. The number of hydrogen-bond donors (Lipinski definition) is 0. The molecule has 3 heteroatoms. The highest BCUT2D eigenvalue weighted by Crippen LogP contribution is 2.43. The Kier molecular flexibility index (Phi) is 18.1. The molecule has 236 valence electrons. The van der Waals surface area contributed by atoms with Crippen molar-refractivity contribution in [3.63, 3.8) is 0 Å². The van der Waals surface area contributed by atoms with Crippen molar-refractivity contribution in [2.45, 2.75) is 180 Å². The lowest BCUT2D eigenvalue weighted by molar-refractivity contribution is -0.151. The average molecular weight is 571 g/mol. The molecule has 0 atom stereocenters. The predicted octanol–water partition coefficient (Wildman–Crippen LogP) is 11.8. The molecule has 0 aromatic heterocycles. The maximum absolute atomic E-state index is 14.3. The summed E-state index contributed by atoms with van der Waals surface area (Å²) in [5, 5.41) is 0. The maximum Gasteiger partial charge on any atom is 0.336 e. The van der Waals surface area contributed by atoms with E-state index in [1.165, 1.54) is 161 Å². The average Bonchev–Trinajstić information content (AvgIpc) is 2.98. The van der Waals surface area contributed by atoms with Crippen LogP contribution in [0.3, 0.4) is 0 Å². The maximum atomic E-state index is 14.3. The van der Waals surface area contributed by atoms with E-state index in [0.717, 1.165) is 24.0 Å². The number of hydrogen-bond acceptors (Lipinski definition) is 3. The van der Waals surface area contributed by atoms with Crippen LogP contribution in [0.25, 0.3) is 0 Å². The van der Waals surface area contributed by atoms with Gasteiger partial charge >= 0.3 is 5.97 Å². The molecule has 3 rings (SSSR count). The molecule has 3 aliphatic rings. The van der Waals surface area contributed by atoms with Crippen molar-refractivity contribution in [3.8, 4) is 0 Å². The Labute approximate surface area is 254 Å².